The van der Waals surface area contributed by atoms with Crippen molar-refractivity contribution in [2.75, 3.05) is 13.7 Å². The summed E-state index contributed by atoms with van der Waals surface area (Å²) in [5, 5.41) is 9.53. The summed E-state index contributed by atoms with van der Waals surface area (Å²) in [5.74, 6) is -0.795. The first-order chi connectivity index (χ1) is 8.13. The van der Waals surface area contributed by atoms with Crippen LogP contribution in [0, 0.1) is 0 Å². The highest BCUT2D eigenvalue weighted by atomic mass is 16.5. The molecule has 1 aromatic heterocycles. The number of aliphatic hydroxyl groups is 1. The van der Waals surface area contributed by atoms with Crippen LogP contribution in [0.2, 0.25) is 0 Å². The van der Waals surface area contributed by atoms with Gasteiger partial charge >= 0.3 is 5.97 Å². The lowest BCUT2D eigenvalue weighted by atomic mass is 10.2. The van der Waals surface area contributed by atoms with Crippen LogP contribution in [0.5, 0.6) is 0 Å². The van der Waals surface area contributed by atoms with Gasteiger partial charge in [-0.15, -0.1) is 0 Å². The van der Waals surface area contributed by atoms with Crippen molar-refractivity contribution in [1.29, 1.82) is 0 Å². The van der Waals surface area contributed by atoms with E-state index < -0.39 is 24.0 Å². The number of ether oxygens (including phenoxy) is 1. The van der Waals surface area contributed by atoms with E-state index in [-0.39, 0.29) is 18.7 Å². The van der Waals surface area contributed by atoms with Gasteiger partial charge in [0.2, 0.25) is 0 Å². The van der Waals surface area contributed by atoms with Crippen LogP contribution in [0.25, 0.3) is 0 Å². The smallest absolute Gasteiger partial charge is 0.328 e. The molecular weight excluding hydrogens is 226 g/mol. The number of methoxy groups -OCH3 is 1. The average Bonchev–Trinajstić information content (AvgIpc) is 2.95. The maximum Gasteiger partial charge on any atom is 0.328 e. The van der Waals surface area contributed by atoms with E-state index in [0.717, 1.165) is 0 Å². The summed E-state index contributed by atoms with van der Waals surface area (Å²) in [6.07, 6.45) is 0.865. The minimum Gasteiger partial charge on any atom is -0.467 e. The van der Waals surface area contributed by atoms with Gasteiger partial charge in [0.1, 0.15) is 6.04 Å². The second-order valence-corrected chi connectivity index (χ2v) is 3.86. The van der Waals surface area contributed by atoms with Gasteiger partial charge in [0, 0.05) is 13.0 Å². The van der Waals surface area contributed by atoms with E-state index in [2.05, 4.69) is 4.74 Å². The summed E-state index contributed by atoms with van der Waals surface area (Å²) < 4.78 is 9.59. The molecule has 0 aliphatic carbocycles. The molecule has 0 saturated carbocycles. The Hall–Kier alpha value is -1.82. The lowest BCUT2D eigenvalue weighted by Crippen LogP contribution is -2.41. The first kappa shape index (κ1) is 11.7. The van der Waals surface area contributed by atoms with Crippen molar-refractivity contribution < 1.29 is 23.8 Å². The standard InChI is InChI=1S/C11H13NO5/c1-16-11(15)8-5-7(13)6-12(8)10(14)9-3-2-4-17-9/h2-4,7-8,13H,5-6H2,1H3/t7-,8+/m0/s1. The predicted molar refractivity (Wildman–Crippen MR) is 56.2 cm³/mol. The Morgan fingerprint density at radius 1 is 1.59 bits per heavy atom. The largest absolute Gasteiger partial charge is 0.467 e. The predicted octanol–water partition coefficient (Wildman–Crippen LogP) is 0.0280. The number of hydrogen-bond donors (Lipinski definition) is 1. The summed E-state index contributed by atoms with van der Waals surface area (Å²) >= 11 is 0. The van der Waals surface area contributed by atoms with E-state index in [0.29, 0.717) is 0 Å². The molecule has 2 heterocycles. The van der Waals surface area contributed by atoms with Gasteiger partial charge in [-0.05, 0) is 12.1 Å². The number of carbonyl (C=O) groups is 2. The molecule has 0 radical (unpaired) electrons. The lowest BCUT2D eigenvalue weighted by Gasteiger charge is -2.20. The Morgan fingerprint density at radius 3 is 2.94 bits per heavy atom. The fourth-order valence-electron chi connectivity index (χ4n) is 1.94. The van der Waals surface area contributed by atoms with Gasteiger partial charge in [0.15, 0.2) is 5.76 Å². The van der Waals surface area contributed by atoms with Gasteiger partial charge in [0.25, 0.3) is 5.91 Å². The van der Waals surface area contributed by atoms with Crippen LogP contribution in [0.15, 0.2) is 22.8 Å². The van der Waals surface area contributed by atoms with Gasteiger partial charge < -0.3 is 19.2 Å². The number of aliphatic hydroxyl groups excluding tert-OH is 1. The number of hydrogen-bond acceptors (Lipinski definition) is 5. The molecule has 17 heavy (non-hydrogen) atoms. The molecule has 0 bridgehead atoms. The molecule has 1 N–H and O–H groups in total. The number of amides is 1. The Morgan fingerprint density at radius 2 is 2.35 bits per heavy atom. The Kier molecular flexibility index (Phi) is 3.14. The number of nitrogens with zero attached hydrogens (tertiary/aromatic N) is 1. The zero-order valence-corrected chi connectivity index (χ0v) is 9.33. The van der Waals surface area contributed by atoms with Crippen molar-refractivity contribution in [1.82, 2.24) is 4.90 Å². The molecule has 2 atom stereocenters. The molecule has 1 aromatic rings. The fourth-order valence-corrected chi connectivity index (χ4v) is 1.94. The summed E-state index contributed by atoms with van der Waals surface area (Å²) in [7, 11) is 1.25. The zero-order valence-electron chi connectivity index (χ0n) is 9.33. The Labute approximate surface area is 97.8 Å². The van der Waals surface area contributed by atoms with E-state index in [4.69, 9.17) is 4.42 Å². The van der Waals surface area contributed by atoms with Gasteiger partial charge in [0.05, 0.1) is 19.5 Å². The summed E-state index contributed by atoms with van der Waals surface area (Å²) in [5.41, 5.74) is 0. The summed E-state index contributed by atoms with van der Waals surface area (Å²) in [4.78, 5) is 24.8. The highest BCUT2D eigenvalue weighted by Gasteiger charge is 2.40. The number of carbonyl (C=O) groups excluding carboxylic acids is 2. The van der Waals surface area contributed by atoms with E-state index in [1.165, 1.54) is 24.3 Å². The Balaban J connectivity index is 2.18. The second kappa shape index (κ2) is 4.58. The second-order valence-electron chi connectivity index (χ2n) is 3.86. The SMILES string of the molecule is COC(=O)[C@H]1C[C@H](O)CN1C(=O)c1ccco1. The van der Waals surface area contributed by atoms with Crippen molar-refractivity contribution in [3.05, 3.63) is 24.2 Å². The van der Waals surface area contributed by atoms with Crippen LogP contribution in [0.3, 0.4) is 0 Å². The normalized spacial score (nSPS) is 23.8. The highest BCUT2D eigenvalue weighted by Crippen LogP contribution is 2.21. The molecule has 1 amide bonds. The third-order valence-corrected chi connectivity index (χ3v) is 2.75. The van der Waals surface area contributed by atoms with Crippen LogP contribution in [0.1, 0.15) is 17.0 Å². The van der Waals surface area contributed by atoms with E-state index >= 15 is 0 Å². The number of likely N-dealkylation sites (tertiary alicyclic amines) is 1. The van der Waals surface area contributed by atoms with Gasteiger partial charge in [-0.1, -0.05) is 0 Å². The molecule has 1 saturated heterocycles. The molecule has 2 rings (SSSR count). The molecule has 0 spiro atoms. The van der Waals surface area contributed by atoms with Gasteiger partial charge in [-0.2, -0.15) is 0 Å². The average molecular weight is 239 g/mol. The molecule has 1 aliphatic rings. The molecule has 1 fully saturated rings. The molecule has 6 nitrogen and oxygen atoms in total. The molecule has 1 aliphatic heterocycles. The number of rotatable bonds is 2. The van der Waals surface area contributed by atoms with Crippen LogP contribution in [-0.4, -0.2) is 47.7 Å². The lowest BCUT2D eigenvalue weighted by molar-refractivity contribution is -0.145. The summed E-state index contributed by atoms with van der Waals surface area (Å²) in [6, 6.07) is 2.36. The topological polar surface area (TPSA) is 80.0 Å². The maximum atomic E-state index is 12.0. The number of β-amino-alcohol motifs (C(OH)–C–C–N with tert-alkyl or cyclic N) is 1. The van der Waals surface area contributed by atoms with Crippen LogP contribution < -0.4 is 0 Å². The van der Waals surface area contributed by atoms with Gasteiger partial charge in [-0.3, -0.25) is 4.79 Å². The first-order valence-electron chi connectivity index (χ1n) is 5.24. The quantitative estimate of drug-likeness (QED) is 0.736. The van der Waals surface area contributed by atoms with Crippen LogP contribution >= 0.6 is 0 Å². The first-order valence-corrected chi connectivity index (χ1v) is 5.24. The molecule has 0 unspecified atom stereocenters. The monoisotopic (exact) mass is 239 g/mol. The molecule has 92 valence electrons. The van der Waals surface area contributed by atoms with Crippen molar-refractivity contribution in [3.63, 3.8) is 0 Å². The minimum absolute atomic E-state index is 0.110. The van der Waals surface area contributed by atoms with Gasteiger partial charge in [-0.25, -0.2) is 4.79 Å². The van der Waals surface area contributed by atoms with Crippen molar-refractivity contribution in [3.8, 4) is 0 Å². The van der Waals surface area contributed by atoms with E-state index in [1.807, 2.05) is 0 Å². The summed E-state index contributed by atoms with van der Waals surface area (Å²) in [6.45, 7) is 0.110. The fraction of sp³-hybridized carbons (Fsp3) is 0.455. The van der Waals surface area contributed by atoms with E-state index in [1.54, 1.807) is 6.07 Å². The molecular formula is C11H13NO5. The van der Waals surface area contributed by atoms with Crippen molar-refractivity contribution in [2.45, 2.75) is 18.6 Å². The molecule has 0 aromatic carbocycles. The van der Waals surface area contributed by atoms with Crippen molar-refractivity contribution in [2.24, 2.45) is 0 Å². The third kappa shape index (κ3) is 2.16. The number of furan rings is 1. The highest BCUT2D eigenvalue weighted by molar-refractivity contribution is 5.95. The Bertz CT molecular complexity index is 414. The van der Waals surface area contributed by atoms with Crippen LogP contribution in [-0.2, 0) is 9.53 Å². The van der Waals surface area contributed by atoms with E-state index in [9.17, 15) is 14.7 Å². The number of esters is 1. The third-order valence-electron chi connectivity index (χ3n) is 2.75. The molecule has 6 heteroatoms. The zero-order chi connectivity index (χ0) is 12.4. The minimum atomic E-state index is -0.743. The van der Waals surface area contributed by atoms with Crippen LogP contribution in [0.4, 0.5) is 0 Å². The van der Waals surface area contributed by atoms with Crippen molar-refractivity contribution >= 4 is 11.9 Å². The maximum absolute atomic E-state index is 12.0.